The number of hydrogen-bond donors (Lipinski definition) is 1. The molecule has 4 heteroatoms. The smallest absolute Gasteiger partial charge is 0.317 e. The van der Waals surface area contributed by atoms with Gasteiger partial charge < -0.3 is 15.0 Å². The predicted octanol–water partition coefficient (Wildman–Crippen LogP) is 2.96. The molecule has 1 aromatic carbocycles. The van der Waals surface area contributed by atoms with Crippen LogP contribution in [0.3, 0.4) is 0 Å². The average molecular weight is 276 g/mol. The quantitative estimate of drug-likeness (QED) is 0.859. The van der Waals surface area contributed by atoms with Gasteiger partial charge in [-0.25, -0.2) is 4.79 Å². The Balaban J connectivity index is 1.66. The van der Waals surface area contributed by atoms with E-state index in [1.165, 1.54) is 18.4 Å². The summed E-state index contributed by atoms with van der Waals surface area (Å²) in [5.74, 6) is 0.856. The van der Waals surface area contributed by atoms with E-state index in [0.717, 1.165) is 31.7 Å². The fourth-order valence-corrected chi connectivity index (χ4v) is 2.42. The maximum atomic E-state index is 12.0. The van der Waals surface area contributed by atoms with Gasteiger partial charge in [0.15, 0.2) is 0 Å². The Bertz CT molecular complexity index is 426. The van der Waals surface area contributed by atoms with Gasteiger partial charge in [0.25, 0.3) is 0 Å². The van der Waals surface area contributed by atoms with Crippen molar-refractivity contribution >= 4 is 6.03 Å². The van der Waals surface area contributed by atoms with Crippen LogP contribution >= 0.6 is 0 Å². The van der Waals surface area contributed by atoms with Crippen molar-refractivity contribution in [3.05, 3.63) is 29.8 Å². The van der Waals surface area contributed by atoms with Gasteiger partial charge in [0.05, 0.1) is 6.54 Å². The van der Waals surface area contributed by atoms with E-state index in [2.05, 4.69) is 5.32 Å². The van der Waals surface area contributed by atoms with Crippen LogP contribution in [0.15, 0.2) is 24.3 Å². The summed E-state index contributed by atoms with van der Waals surface area (Å²) in [7, 11) is 0. The minimum atomic E-state index is 0.0414. The molecule has 1 N–H and O–H groups in total. The maximum Gasteiger partial charge on any atom is 0.317 e. The van der Waals surface area contributed by atoms with Gasteiger partial charge in [-0.1, -0.05) is 25.0 Å². The van der Waals surface area contributed by atoms with Crippen LogP contribution in [-0.4, -0.2) is 37.2 Å². The molecule has 2 rings (SSSR count). The number of nitrogens with one attached hydrogen (secondary N) is 1. The van der Waals surface area contributed by atoms with E-state index in [1.807, 2.05) is 36.1 Å². The SMILES string of the molecule is Cc1cccc(OCCNC(=O)N2CCCCCC2)c1. The number of rotatable bonds is 4. The maximum absolute atomic E-state index is 12.0. The molecule has 1 saturated heterocycles. The molecule has 0 unspecified atom stereocenters. The van der Waals surface area contributed by atoms with E-state index in [-0.39, 0.29) is 6.03 Å². The Morgan fingerprint density at radius 2 is 2.00 bits per heavy atom. The largest absolute Gasteiger partial charge is 0.492 e. The van der Waals surface area contributed by atoms with Crippen LogP contribution in [0.4, 0.5) is 4.79 Å². The fourth-order valence-electron chi connectivity index (χ4n) is 2.42. The summed E-state index contributed by atoms with van der Waals surface area (Å²) >= 11 is 0. The van der Waals surface area contributed by atoms with Crippen molar-refractivity contribution in [2.24, 2.45) is 0 Å². The van der Waals surface area contributed by atoms with Crippen LogP contribution in [0.25, 0.3) is 0 Å². The summed E-state index contributed by atoms with van der Waals surface area (Å²) in [5.41, 5.74) is 1.18. The second kappa shape index (κ2) is 7.78. The molecule has 0 spiro atoms. The molecule has 1 aliphatic rings. The number of carbonyl (C=O) groups excluding carboxylic acids is 1. The lowest BCUT2D eigenvalue weighted by Crippen LogP contribution is -2.41. The molecule has 0 atom stereocenters. The van der Waals surface area contributed by atoms with E-state index in [0.29, 0.717) is 13.2 Å². The lowest BCUT2D eigenvalue weighted by molar-refractivity contribution is 0.196. The van der Waals surface area contributed by atoms with E-state index < -0.39 is 0 Å². The van der Waals surface area contributed by atoms with Gasteiger partial charge in [-0.2, -0.15) is 0 Å². The molecule has 1 aromatic rings. The first-order valence-electron chi connectivity index (χ1n) is 7.48. The summed E-state index contributed by atoms with van der Waals surface area (Å²) in [6.07, 6.45) is 4.71. The van der Waals surface area contributed by atoms with Crippen molar-refractivity contribution in [2.45, 2.75) is 32.6 Å². The monoisotopic (exact) mass is 276 g/mol. The van der Waals surface area contributed by atoms with E-state index in [4.69, 9.17) is 4.74 Å². The van der Waals surface area contributed by atoms with Gasteiger partial charge in [-0.15, -0.1) is 0 Å². The number of aryl methyl sites for hydroxylation is 1. The molecule has 0 bridgehead atoms. The number of nitrogens with zero attached hydrogens (tertiary/aromatic N) is 1. The molecule has 1 fully saturated rings. The minimum Gasteiger partial charge on any atom is -0.492 e. The summed E-state index contributed by atoms with van der Waals surface area (Å²) in [6, 6.07) is 7.98. The molecule has 1 aliphatic heterocycles. The zero-order valence-corrected chi connectivity index (χ0v) is 12.2. The number of carbonyl (C=O) groups is 1. The number of likely N-dealkylation sites (tertiary alicyclic amines) is 1. The Morgan fingerprint density at radius 3 is 2.70 bits per heavy atom. The van der Waals surface area contributed by atoms with Crippen molar-refractivity contribution in [3.63, 3.8) is 0 Å². The third-order valence-electron chi connectivity index (χ3n) is 3.53. The predicted molar refractivity (Wildman–Crippen MR) is 80.1 cm³/mol. The van der Waals surface area contributed by atoms with Crippen LogP contribution in [0, 0.1) is 6.92 Å². The van der Waals surface area contributed by atoms with Crippen molar-refractivity contribution in [3.8, 4) is 5.75 Å². The van der Waals surface area contributed by atoms with Gasteiger partial charge in [-0.05, 0) is 37.5 Å². The molecule has 110 valence electrons. The lowest BCUT2D eigenvalue weighted by Gasteiger charge is -2.20. The third-order valence-corrected chi connectivity index (χ3v) is 3.53. The fraction of sp³-hybridized carbons (Fsp3) is 0.562. The molecular formula is C16H24N2O2. The van der Waals surface area contributed by atoms with Crippen LogP contribution in [-0.2, 0) is 0 Å². The Hall–Kier alpha value is -1.71. The van der Waals surface area contributed by atoms with Gasteiger partial charge in [0.1, 0.15) is 12.4 Å². The lowest BCUT2D eigenvalue weighted by atomic mass is 10.2. The first kappa shape index (κ1) is 14.7. The highest BCUT2D eigenvalue weighted by atomic mass is 16.5. The van der Waals surface area contributed by atoms with Crippen LogP contribution in [0.2, 0.25) is 0 Å². The Morgan fingerprint density at radius 1 is 1.25 bits per heavy atom. The second-order valence-corrected chi connectivity index (χ2v) is 5.30. The highest BCUT2D eigenvalue weighted by Gasteiger charge is 2.14. The first-order chi connectivity index (χ1) is 9.75. The van der Waals surface area contributed by atoms with Crippen molar-refractivity contribution in [1.29, 1.82) is 0 Å². The van der Waals surface area contributed by atoms with Gasteiger partial charge in [-0.3, -0.25) is 0 Å². The van der Waals surface area contributed by atoms with E-state index >= 15 is 0 Å². The summed E-state index contributed by atoms with van der Waals surface area (Å²) in [4.78, 5) is 13.9. The van der Waals surface area contributed by atoms with Gasteiger partial charge >= 0.3 is 6.03 Å². The molecule has 0 aliphatic carbocycles. The van der Waals surface area contributed by atoms with Crippen molar-refractivity contribution in [2.75, 3.05) is 26.2 Å². The number of ether oxygens (including phenoxy) is 1. The molecule has 2 amide bonds. The molecule has 4 nitrogen and oxygen atoms in total. The standard InChI is InChI=1S/C16H24N2O2/c1-14-7-6-8-15(13-14)20-12-9-17-16(19)18-10-4-2-3-5-11-18/h6-8,13H,2-5,9-12H2,1H3,(H,17,19). The van der Waals surface area contributed by atoms with Crippen molar-refractivity contribution in [1.82, 2.24) is 10.2 Å². The highest BCUT2D eigenvalue weighted by molar-refractivity contribution is 5.74. The molecule has 0 radical (unpaired) electrons. The number of benzene rings is 1. The van der Waals surface area contributed by atoms with Gasteiger partial charge in [0, 0.05) is 13.1 Å². The summed E-state index contributed by atoms with van der Waals surface area (Å²) < 4.78 is 5.62. The number of amides is 2. The van der Waals surface area contributed by atoms with E-state index in [1.54, 1.807) is 0 Å². The summed E-state index contributed by atoms with van der Waals surface area (Å²) in [5, 5.41) is 2.93. The zero-order chi connectivity index (χ0) is 14.2. The minimum absolute atomic E-state index is 0.0414. The highest BCUT2D eigenvalue weighted by Crippen LogP contribution is 2.12. The topological polar surface area (TPSA) is 41.6 Å². The first-order valence-corrected chi connectivity index (χ1v) is 7.48. The van der Waals surface area contributed by atoms with E-state index in [9.17, 15) is 4.79 Å². The Labute approximate surface area is 121 Å². The second-order valence-electron chi connectivity index (χ2n) is 5.30. The molecule has 20 heavy (non-hydrogen) atoms. The molecule has 0 saturated carbocycles. The van der Waals surface area contributed by atoms with Crippen LogP contribution in [0.5, 0.6) is 5.75 Å². The molecular weight excluding hydrogens is 252 g/mol. The molecule has 0 aromatic heterocycles. The molecule has 1 heterocycles. The normalized spacial score (nSPS) is 15.6. The van der Waals surface area contributed by atoms with Crippen LogP contribution < -0.4 is 10.1 Å². The number of hydrogen-bond acceptors (Lipinski definition) is 2. The number of urea groups is 1. The Kier molecular flexibility index (Phi) is 5.71. The van der Waals surface area contributed by atoms with Crippen molar-refractivity contribution < 1.29 is 9.53 Å². The summed E-state index contributed by atoms with van der Waals surface area (Å²) in [6.45, 7) is 4.84. The average Bonchev–Trinajstić information content (AvgIpc) is 2.72. The van der Waals surface area contributed by atoms with Gasteiger partial charge in [0.2, 0.25) is 0 Å². The van der Waals surface area contributed by atoms with Crippen LogP contribution in [0.1, 0.15) is 31.2 Å². The third kappa shape index (κ3) is 4.76. The zero-order valence-electron chi connectivity index (χ0n) is 12.2.